The van der Waals surface area contributed by atoms with Gasteiger partial charge in [-0.2, -0.15) is 0 Å². The van der Waals surface area contributed by atoms with Crippen molar-refractivity contribution in [2.24, 2.45) is 0 Å². The lowest BCUT2D eigenvalue weighted by Crippen LogP contribution is -2.10. The zero-order valence-electron chi connectivity index (χ0n) is 12.9. The molecule has 0 bridgehead atoms. The van der Waals surface area contributed by atoms with Gasteiger partial charge in [-0.05, 0) is 53.8 Å². The van der Waals surface area contributed by atoms with Crippen molar-refractivity contribution in [2.45, 2.75) is 33.1 Å². The van der Waals surface area contributed by atoms with Crippen LogP contribution in [0.4, 0.5) is 11.4 Å². The third-order valence-corrected chi connectivity index (χ3v) is 3.50. The number of benzene rings is 2. The standard InChI is InChI=1S/C18H21NO2/c1-12-11-15(9-10-16(12)17(20)21)19-14-7-5-13(6-8-14)18(2,3)4/h5-11,19H,1-4H3,(H,20,21). The monoisotopic (exact) mass is 283 g/mol. The van der Waals surface area contributed by atoms with Gasteiger partial charge in [-0.3, -0.25) is 0 Å². The van der Waals surface area contributed by atoms with E-state index in [0.717, 1.165) is 16.9 Å². The molecule has 0 atom stereocenters. The summed E-state index contributed by atoms with van der Waals surface area (Å²) >= 11 is 0. The average Bonchev–Trinajstić information content (AvgIpc) is 2.38. The molecule has 21 heavy (non-hydrogen) atoms. The van der Waals surface area contributed by atoms with Crippen molar-refractivity contribution in [1.29, 1.82) is 0 Å². The third kappa shape index (κ3) is 3.63. The smallest absolute Gasteiger partial charge is 0.335 e. The van der Waals surface area contributed by atoms with Crippen molar-refractivity contribution in [3.8, 4) is 0 Å². The summed E-state index contributed by atoms with van der Waals surface area (Å²) in [5.74, 6) is -0.895. The van der Waals surface area contributed by atoms with Gasteiger partial charge in [0.1, 0.15) is 0 Å². The summed E-state index contributed by atoms with van der Waals surface area (Å²) in [4.78, 5) is 11.0. The van der Waals surface area contributed by atoms with E-state index >= 15 is 0 Å². The van der Waals surface area contributed by atoms with Gasteiger partial charge in [0.25, 0.3) is 0 Å². The fourth-order valence-corrected chi connectivity index (χ4v) is 2.20. The van der Waals surface area contributed by atoms with E-state index in [1.54, 1.807) is 19.1 Å². The predicted octanol–water partition coefficient (Wildman–Crippen LogP) is 4.73. The number of carboxylic acid groups (broad SMARTS) is 1. The molecular weight excluding hydrogens is 262 g/mol. The van der Waals surface area contributed by atoms with Crippen LogP contribution in [0.25, 0.3) is 0 Å². The lowest BCUT2D eigenvalue weighted by atomic mass is 9.87. The maximum Gasteiger partial charge on any atom is 0.335 e. The van der Waals surface area contributed by atoms with E-state index < -0.39 is 5.97 Å². The molecular formula is C18H21NO2. The Morgan fingerprint density at radius 3 is 2.05 bits per heavy atom. The van der Waals surface area contributed by atoms with E-state index in [4.69, 9.17) is 5.11 Å². The SMILES string of the molecule is Cc1cc(Nc2ccc(C(C)(C)C)cc2)ccc1C(=O)O. The first-order valence-corrected chi connectivity index (χ1v) is 6.99. The van der Waals surface area contributed by atoms with Gasteiger partial charge in [0, 0.05) is 11.4 Å². The predicted molar refractivity (Wildman–Crippen MR) is 86.6 cm³/mol. The Balaban J connectivity index is 2.19. The van der Waals surface area contributed by atoms with E-state index in [-0.39, 0.29) is 5.41 Å². The summed E-state index contributed by atoms with van der Waals surface area (Å²) < 4.78 is 0. The van der Waals surface area contributed by atoms with Crippen LogP contribution >= 0.6 is 0 Å². The number of hydrogen-bond donors (Lipinski definition) is 2. The zero-order chi connectivity index (χ0) is 15.6. The number of carboxylic acids is 1. The molecule has 0 aromatic heterocycles. The summed E-state index contributed by atoms with van der Waals surface area (Å²) in [6.45, 7) is 8.35. The maximum atomic E-state index is 11.0. The topological polar surface area (TPSA) is 49.3 Å². The van der Waals surface area contributed by atoms with Crippen LogP contribution < -0.4 is 5.32 Å². The van der Waals surface area contributed by atoms with Crippen LogP contribution in [0.2, 0.25) is 0 Å². The minimum absolute atomic E-state index is 0.137. The summed E-state index contributed by atoms with van der Waals surface area (Å²) in [5, 5.41) is 12.3. The average molecular weight is 283 g/mol. The van der Waals surface area contributed by atoms with Crippen LogP contribution in [0.15, 0.2) is 42.5 Å². The Kier molecular flexibility index (Phi) is 4.03. The molecule has 3 heteroatoms. The fraction of sp³-hybridized carbons (Fsp3) is 0.278. The number of rotatable bonds is 3. The second-order valence-electron chi connectivity index (χ2n) is 6.29. The highest BCUT2D eigenvalue weighted by atomic mass is 16.4. The minimum atomic E-state index is -0.895. The molecule has 0 unspecified atom stereocenters. The van der Waals surface area contributed by atoms with Crippen molar-refractivity contribution in [3.63, 3.8) is 0 Å². The maximum absolute atomic E-state index is 11.0. The van der Waals surface area contributed by atoms with E-state index in [0.29, 0.717) is 5.56 Å². The molecule has 0 spiro atoms. The lowest BCUT2D eigenvalue weighted by Gasteiger charge is -2.19. The normalized spacial score (nSPS) is 11.2. The highest BCUT2D eigenvalue weighted by Gasteiger charge is 2.13. The Morgan fingerprint density at radius 2 is 1.57 bits per heavy atom. The van der Waals surface area contributed by atoms with E-state index in [2.05, 4.69) is 38.2 Å². The van der Waals surface area contributed by atoms with Gasteiger partial charge in [0.2, 0.25) is 0 Å². The van der Waals surface area contributed by atoms with Gasteiger partial charge in [0.05, 0.1) is 5.56 Å². The van der Waals surface area contributed by atoms with E-state index in [1.807, 2.05) is 18.2 Å². The summed E-state index contributed by atoms with van der Waals surface area (Å²) in [6, 6.07) is 13.6. The minimum Gasteiger partial charge on any atom is -0.478 e. The van der Waals surface area contributed by atoms with Gasteiger partial charge in [0.15, 0.2) is 0 Å². The molecule has 0 saturated heterocycles. The number of hydrogen-bond acceptors (Lipinski definition) is 2. The zero-order valence-corrected chi connectivity index (χ0v) is 12.9. The third-order valence-electron chi connectivity index (χ3n) is 3.50. The van der Waals surface area contributed by atoms with Gasteiger partial charge < -0.3 is 10.4 Å². The number of aromatic carboxylic acids is 1. The highest BCUT2D eigenvalue weighted by Crippen LogP contribution is 2.25. The largest absolute Gasteiger partial charge is 0.478 e. The molecule has 0 fully saturated rings. The molecule has 2 aromatic rings. The van der Waals surface area contributed by atoms with Gasteiger partial charge in [-0.15, -0.1) is 0 Å². The molecule has 0 aliphatic carbocycles. The quantitative estimate of drug-likeness (QED) is 0.855. The first-order chi connectivity index (χ1) is 9.77. The summed E-state index contributed by atoms with van der Waals surface area (Å²) in [5.41, 5.74) is 4.39. The molecule has 2 N–H and O–H groups in total. The van der Waals surface area contributed by atoms with Crippen molar-refractivity contribution in [3.05, 3.63) is 59.2 Å². The first kappa shape index (κ1) is 15.1. The molecule has 0 amide bonds. The van der Waals surface area contributed by atoms with Crippen LogP contribution in [0.1, 0.15) is 42.3 Å². The van der Waals surface area contributed by atoms with Crippen LogP contribution in [0.3, 0.4) is 0 Å². The highest BCUT2D eigenvalue weighted by molar-refractivity contribution is 5.90. The van der Waals surface area contributed by atoms with E-state index in [1.165, 1.54) is 5.56 Å². The number of carbonyl (C=O) groups is 1. The van der Waals surface area contributed by atoms with Crippen LogP contribution in [0.5, 0.6) is 0 Å². The Morgan fingerprint density at radius 1 is 1.00 bits per heavy atom. The summed E-state index contributed by atoms with van der Waals surface area (Å²) in [7, 11) is 0. The molecule has 0 radical (unpaired) electrons. The Bertz CT molecular complexity index is 652. The number of nitrogens with one attached hydrogen (secondary N) is 1. The molecule has 110 valence electrons. The van der Waals surface area contributed by atoms with Crippen molar-refractivity contribution in [1.82, 2.24) is 0 Å². The molecule has 2 aromatic carbocycles. The molecule has 0 heterocycles. The van der Waals surface area contributed by atoms with Crippen molar-refractivity contribution >= 4 is 17.3 Å². The second-order valence-corrected chi connectivity index (χ2v) is 6.29. The Labute approximate surface area is 125 Å². The first-order valence-electron chi connectivity index (χ1n) is 6.99. The van der Waals surface area contributed by atoms with Crippen molar-refractivity contribution < 1.29 is 9.90 Å². The van der Waals surface area contributed by atoms with Gasteiger partial charge >= 0.3 is 5.97 Å². The molecule has 0 aliphatic heterocycles. The molecule has 0 saturated carbocycles. The fourth-order valence-electron chi connectivity index (χ4n) is 2.20. The Hall–Kier alpha value is -2.29. The van der Waals surface area contributed by atoms with Gasteiger partial charge in [-0.25, -0.2) is 4.79 Å². The van der Waals surface area contributed by atoms with Crippen LogP contribution in [-0.4, -0.2) is 11.1 Å². The number of anilines is 2. The summed E-state index contributed by atoms with van der Waals surface area (Å²) in [6.07, 6.45) is 0. The molecule has 3 nitrogen and oxygen atoms in total. The number of aryl methyl sites for hydroxylation is 1. The molecule has 0 aliphatic rings. The second kappa shape index (κ2) is 5.60. The van der Waals surface area contributed by atoms with Gasteiger partial charge in [-0.1, -0.05) is 32.9 Å². The molecule has 2 rings (SSSR count). The lowest BCUT2D eigenvalue weighted by molar-refractivity contribution is 0.0696. The van der Waals surface area contributed by atoms with Crippen LogP contribution in [0, 0.1) is 6.92 Å². The van der Waals surface area contributed by atoms with E-state index in [9.17, 15) is 4.79 Å². The van der Waals surface area contributed by atoms with Crippen LogP contribution in [-0.2, 0) is 5.41 Å². The van der Waals surface area contributed by atoms with Crippen molar-refractivity contribution in [2.75, 3.05) is 5.32 Å².